The van der Waals surface area contributed by atoms with Crippen molar-refractivity contribution >= 4 is 23.8 Å². The number of ether oxygens (including phenoxy) is 1. The van der Waals surface area contributed by atoms with Crippen LogP contribution in [0, 0.1) is 0 Å². The van der Waals surface area contributed by atoms with Gasteiger partial charge in [0, 0.05) is 12.8 Å². The van der Waals surface area contributed by atoms with Crippen LogP contribution in [0.15, 0.2) is 36.5 Å². The molecule has 0 fully saturated rings. The second kappa shape index (κ2) is 36.8. The molecule has 0 aliphatic heterocycles. The average Bonchev–Trinajstić information content (AvgIpc) is 3.11. The molecule has 0 bridgehead atoms. The van der Waals surface area contributed by atoms with Crippen LogP contribution >= 0.6 is 0 Å². The average molecular weight is 719 g/mol. The Morgan fingerprint density at radius 3 is 1.73 bits per heavy atom. The van der Waals surface area contributed by atoms with Crippen LogP contribution < -0.4 is 10.6 Å². The number of allylic oxidation sites excluding steroid dienone is 5. The maximum absolute atomic E-state index is 12.7. The van der Waals surface area contributed by atoms with Crippen molar-refractivity contribution < 1.29 is 34.1 Å². The molecule has 0 aromatic rings. The first kappa shape index (κ1) is 48.1. The fraction of sp³-hybridized carbons (Fsp3) is 0.762. The Morgan fingerprint density at radius 1 is 0.608 bits per heavy atom. The van der Waals surface area contributed by atoms with Gasteiger partial charge in [0.05, 0.1) is 13.2 Å². The third-order valence-corrected chi connectivity index (χ3v) is 8.84. The summed E-state index contributed by atoms with van der Waals surface area (Å²) in [4.78, 5) is 47.5. The highest BCUT2D eigenvalue weighted by Crippen LogP contribution is 2.15. The van der Waals surface area contributed by atoms with E-state index in [4.69, 9.17) is 14.9 Å². The van der Waals surface area contributed by atoms with E-state index < -0.39 is 24.5 Å². The molecule has 0 saturated heterocycles. The highest BCUT2D eigenvalue weighted by atomic mass is 16.5. The van der Waals surface area contributed by atoms with Crippen LogP contribution in [0.4, 0.5) is 0 Å². The van der Waals surface area contributed by atoms with E-state index in [9.17, 15) is 19.2 Å². The molecule has 0 aliphatic carbocycles. The number of carbonyl (C=O) groups is 4. The molecule has 2 atom stereocenters. The SMILES string of the molecule is CCCCC/C=C\C/C=C\CCCCCCCC(=O)OC(/C=C\CCCCCCCCC)CCCCCCC(=O)NCC(=O)NC(CO)C(=O)O. The molecule has 0 spiro atoms. The Balaban J connectivity index is 4.35. The van der Waals surface area contributed by atoms with Gasteiger partial charge in [-0.1, -0.05) is 128 Å². The highest BCUT2D eigenvalue weighted by Gasteiger charge is 2.18. The number of hydrogen-bond donors (Lipinski definition) is 4. The zero-order chi connectivity index (χ0) is 37.6. The molecule has 0 rings (SSSR count). The van der Waals surface area contributed by atoms with E-state index >= 15 is 0 Å². The van der Waals surface area contributed by atoms with Crippen molar-refractivity contribution in [1.29, 1.82) is 0 Å². The Kier molecular flexibility index (Phi) is 34.7. The summed E-state index contributed by atoms with van der Waals surface area (Å²) >= 11 is 0. The van der Waals surface area contributed by atoms with E-state index in [1.54, 1.807) is 0 Å². The Labute approximate surface area is 310 Å². The zero-order valence-electron chi connectivity index (χ0n) is 32.4. The lowest BCUT2D eigenvalue weighted by molar-refractivity contribution is -0.147. The summed E-state index contributed by atoms with van der Waals surface area (Å²) in [7, 11) is 0. The third kappa shape index (κ3) is 33.9. The molecule has 51 heavy (non-hydrogen) atoms. The molecule has 294 valence electrons. The number of aliphatic hydroxyl groups is 1. The Bertz CT molecular complexity index is 963. The van der Waals surface area contributed by atoms with Crippen LogP contribution in [-0.4, -0.2) is 59.3 Å². The second-order valence-electron chi connectivity index (χ2n) is 13.7. The van der Waals surface area contributed by atoms with Gasteiger partial charge in [-0.25, -0.2) is 4.79 Å². The minimum absolute atomic E-state index is 0.124. The van der Waals surface area contributed by atoms with E-state index in [2.05, 4.69) is 60.9 Å². The highest BCUT2D eigenvalue weighted by molar-refractivity contribution is 5.87. The van der Waals surface area contributed by atoms with Gasteiger partial charge in [-0.05, 0) is 76.7 Å². The normalized spacial score (nSPS) is 12.8. The smallest absolute Gasteiger partial charge is 0.328 e. The number of esters is 1. The van der Waals surface area contributed by atoms with Gasteiger partial charge < -0.3 is 25.6 Å². The number of aliphatic carboxylic acids is 1. The molecule has 9 heteroatoms. The second-order valence-corrected chi connectivity index (χ2v) is 13.7. The summed E-state index contributed by atoms with van der Waals surface area (Å²) in [5.74, 6) is -2.41. The largest absolute Gasteiger partial charge is 0.480 e. The van der Waals surface area contributed by atoms with E-state index in [0.717, 1.165) is 70.6 Å². The molecule has 0 heterocycles. The van der Waals surface area contributed by atoms with Crippen molar-refractivity contribution in [3.8, 4) is 0 Å². The summed E-state index contributed by atoms with van der Waals surface area (Å²) in [6, 6.07) is -1.39. The van der Waals surface area contributed by atoms with Gasteiger partial charge in [-0.2, -0.15) is 0 Å². The van der Waals surface area contributed by atoms with Crippen LogP contribution in [0.1, 0.15) is 181 Å². The Morgan fingerprint density at radius 2 is 1.12 bits per heavy atom. The standard InChI is InChI=1S/C42H74N2O7/c1-3-5-7-9-11-13-14-15-16-17-18-20-22-24-30-34-41(48)51-37(31-27-23-21-19-12-10-8-6-4-2)32-28-25-26-29-33-39(46)43-35-40(47)44-38(36-45)42(49)50/h11,13,15-16,27,31,37-38,45H,3-10,12,14,17-26,28-30,32-36H2,1-2H3,(H,43,46)(H,44,47)(H,49,50)/b13-11-,16-15-,31-27-. The minimum Gasteiger partial charge on any atom is -0.480 e. The lowest BCUT2D eigenvalue weighted by atomic mass is 10.1. The fourth-order valence-corrected chi connectivity index (χ4v) is 5.65. The zero-order valence-corrected chi connectivity index (χ0v) is 32.4. The molecule has 0 aromatic carbocycles. The topological polar surface area (TPSA) is 142 Å². The quantitative estimate of drug-likeness (QED) is 0.0287. The third-order valence-electron chi connectivity index (χ3n) is 8.84. The molecule has 2 amide bonds. The maximum atomic E-state index is 12.7. The van der Waals surface area contributed by atoms with Crippen LogP contribution in [-0.2, 0) is 23.9 Å². The Hall–Kier alpha value is -2.94. The van der Waals surface area contributed by atoms with Crippen LogP contribution in [0.25, 0.3) is 0 Å². The molecular formula is C42H74N2O7. The van der Waals surface area contributed by atoms with Gasteiger partial charge in [0.25, 0.3) is 0 Å². The van der Waals surface area contributed by atoms with E-state index in [1.807, 2.05) is 0 Å². The van der Waals surface area contributed by atoms with Crippen molar-refractivity contribution in [2.45, 2.75) is 193 Å². The van der Waals surface area contributed by atoms with Crippen molar-refractivity contribution in [3.05, 3.63) is 36.5 Å². The van der Waals surface area contributed by atoms with Crippen molar-refractivity contribution in [3.63, 3.8) is 0 Å². The van der Waals surface area contributed by atoms with Gasteiger partial charge in [-0.3, -0.25) is 14.4 Å². The predicted octanol–water partition coefficient (Wildman–Crippen LogP) is 9.43. The first-order valence-electron chi connectivity index (χ1n) is 20.4. The molecule has 4 N–H and O–H groups in total. The summed E-state index contributed by atoms with van der Waals surface area (Å²) in [5, 5.41) is 22.5. The number of carboxylic acids is 1. The number of amides is 2. The summed E-state index contributed by atoms with van der Waals surface area (Å²) < 4.78 is 5.90. The number of carboxylic acid groups (broad SMARTS) is 1. The fourth-order valence-electron chi connectivity index (χ4n) is 5.65. The number of aliphatic hydroxyl groups excluding tert-OH is 1. The molecule has 0 aliphatic rings. The molecule has 2 unspecified atom stereocenters. The monoisotopic (exact) mass is 719 g/mol. The van der Waals surface area contributed by atoms with Gasteiger partial charge in [-0.15, -0.1) is 0 Å². The van der Waals surface area contributed by atoms with Crippen LogP contribution in [0.5, 0.6) is 0 Å². The van der Waals surface area contributed by atoms with E-state index in [1.165, 1.54) is 77.0 Å². The number of carbonyl (C=O) groups excluding carboxylic acids is 3. The van der Waals surface area contributed by atoms with Crippen molar-refractivity contribution in [2.75, 3.05) is 13.2 Å². The number of unbranched alkanes of at least 4 members (excludes halogenated alkanes) is 18. The molecule has 0 radical (unpaired) electrons. The van der Waals surface area contributed by atoms with Crippen LogP contribution in [0.3, 0.4) is 0 Å². The predicted molar refractivity (Wildman–Crippen MR) is 208 cm³/mol. The number of nitrogens with one attached hydrogen (secondary N) is 2. The number of rotatable bonds is 36. The lowest BCUT2D eigenvalue weighted by Gasteiger charge is -2.15. The van der Waals surface area contributed by atoms with Crippen molar-refractivity contribution in [1.82, 2.24) is 10.6 Å². The van der Waals surface area contributed by atoms with Crippen molar-refractivity contribution in [2.24, 2.45) is 0 Å². The number of hydrogen-bond acceptors (Lipinski definition) is 6. The maximum Gasteiger partial charge on any atom is 0.328 e. The molecule has 0 aromatic heterocycles. The summed E-state index contributed by atoms with van der Waals surface area (Å²) in [6.07, 6.45) is 40.4. The molecule has 0 saturated carbocycles. The first-order chi connectivity index (χ1) is 24.8. The molecule has 9 nitrogen and oxygen atoms in total. The summed E-state index contributed by atoms with van der Waals surface area (Å²) in [5.41, 5.74) is 0. The van der Waals surface area contributed by atoms with Gasteiger partial charge in [0.1, 0.15) is 12.1 Å². The molecular weight excluding hydrogens is 644 g/mol. The minimum atomic E-state index is -1.39. The van der Waals surface area contributed by atoms with Gasteiger partial charge in [0.15, 0.2) is 0 Å². The van der Waals surface area contributed by atoms with E-state index in [0.29, 0.717) is 12.8 Å². The lowest BCUT2D eigenvalue weighted by Crippen LogP contribution is -2.47. The van der Waals surface area contributed by atoms with E-state index in [-0.39, 0.29) is 30.9 Å². The van der Waals surface area contributed by atoms with Gasteiger partial charge in [0.2, 0.25) is 11.8 Å². The van der Waals surface area contributed by atoms with Crippen LogP contribution in [0.2, 0.25) is 0 Å². The summed E-state index contributed by atoms with van der Waals surface area (Å²) in [6.45, 7) is 3.41. The first-order valence-corrected chi connectivity index (χ1v) is 20.4. The van der Waals surface area contributed by atoms with Gasteiger partial charge >= 0.3 is 11.9 Å².